The van der Waals surface area contributed by atoms with Crippen LogP contribution < -0.4 is 0 Å². The second-order valence-corrected chi connectivity index (χ2v) is 8.06. The number of ether oxygens (including phenoxy) is 2. The van der Waals surface area contributed by atoms with E-state index in [9.17, 15) is 23.1 Å². The number of carbonyl (C=O) groups excluding carboxylic acids is 1. The first-order valence-electron chi connectivity index (χ1n) is 10.1. The smallest absolute Gasteiger partial charge is 0.416 e. The van der Waals surface area contributed by atoms with E-state index in [-0.39, 0.29) is 59.0 Å². The molecule has 3 aromatic rings. The van der Waals surface area contributed by atoms with Crippen LogP contribution in [0.25, 0.3) is 11.4 Å². The molecule has 8 nitrogen and oxygen atoms in total. The molecule has 0 bridgehead atoms. The van der Waals surface area contributed by atoms with Gasteiger partial charge in [-0.25, -0.2) is 0 Å². The normalized spacial score (nSPS) is 11.6. The quantitative estimate of drug-likeness (QED) is 0.363. The summed E-state index contributed by atoms with van der Waals surface area (Å²) in [5.74, 6) is -1.46. The van der Waals surface area contributed by atoms with Crippen molar-refractivity contribution in [3.05, 3.63) is 63.5 Å². The third-order valence-corrected chi connectivity index (χ3v) is 5.31. The zero-order chi connectivity index (χ0) is 25.6. The summed E-state index contributed by atoms with van der Waals surface area (Å²) < 4.78 is 54.7. The molecule has 0 aliphatic heterocycles. The van der Waals surface area contributed by atoms with Crippen molar-refractivity contribution in [1.82, 2.24) is 15.0 Å². The van der Waals surface area contributed by atoms with E-state index >= 15 is 0 Å². The molecule has 0 saturated carbocycles. The average Bonchev–Trinajstić information content (AvgIpc) is 3.31. The Labute approximate surface area is 208 Å². The van der Waals surface area contributed by atoms with Crippen molar-refractivity contribution in [3.63, 3.8) is 0 Å². The number of phenols is 1. The highest BCUT2D eigenvalue weighted by molar-refractivity contribution is 6.37. The number of benzene rings is 2. The maximum atomic E-state index is 13.1. The Bertz CT molecular complexity index is 1150. The molecule has 0 atom stereocenters. The van der Waals surface area contributed by atoms with Crippen molar-refractivity contribution in [3.8, 4) is 17.1 Å². The number of aromatic nitrogens is 2. The van der Waals surface area contributed by atoms with Crippen molar-refractivity contribution >= 4 is 29.1 Å². The molecule has 0 radical (unpaired) electrons. The van der Waals surface area contributed by atoms with Gasteiger partial charge in [0, 0.05) is 25.8 Å². The number of hydrogen-bond acceptors (Lipinski definition) is 7. The second kappa shape index (κ2) is 11.7. The molecule has 13 heteroatoms. The summed E-state index contributed by atoms with van der Waals surface area (Å²) in [6, 6.07) is 7.32. The fraction of sp³-hybridized carbons (Fsp3) is 0.318. The molecule has 1 aromatic heterocycles. The van der Waals surface area contributed by atoms with E-state index in [4.69, 9.17) is 37.2 Å². The predicted molar refractivity (Wildman–Crippen MR) is 120 cm³/mol. The lowest BCUT2D eigenvalue weighted by Gasteiger charge is -2.21. The first-order chi connectivity index (χ1) is 16.6. The zero-order valence-corrected chi connectivity index (χ0v) is 19.8. The van der Waals surface area contributed by atoms with Crippen LogP contribution in [0.3, 0.4) is 0 Å². The van der Waals surface area contributed by atoms with E-state index in [1.807, 2.05) is 0 Å². The minimum Gasteiger partial charge on any atom is -0.505 e. The maximum Gasteiger partial charge on any atom is 0.416 e. The van der Waals surface area contributed by atoms with E-state index in [2.05, 4.69) is 10.1 Å². The summed E-state index contributed by atoms with van der Waals surface area (Å²) in [6.07, 6.45) is -4.53. The molecule has 0 unspecified atom stereocenters. The number of hydrogen-bond donors (Lipinski definition) is 1. The van der Waals surface area contributed by atoms with Gasteiger partial charge in [0.25, 0.3) is 0 Å². The molecule has 188 valence electrons. The lowest BCUT2D eigenvalue weighted by atomic mass is 10.1. The van der Waals surface area contributed by atoms with E-state index in [0.29, 0.717) is 6.61 Å². The Morgan fingerprint density at radius 3 is 2.51 bits per heavy atom. The Balaban J connectivity index is 1.83. The van der Waals surface area contributed by atoms with Crippen molar-refractivity contribution in [2.45, 2.75) is 12.7 Å². The van der Waals surface area contributed by atoms with Gasteiger partial charge in [-0.3, -0.25) is 4.79 Å². The second-order valence-electron chi connectivity index (χ2n) is 7.24. The van der Waals surface area contributed by atoms with Gasteiger partial charge in [0.15, 0.2) is 5.75 Å². The Morgan fingerprint density at radius 1 is 1.14 bits per heavy atom. The number of alkyl halides is 3. The van der Waals surface area contributed by atoms with E-state index < -0.39 is 23.5 Å². The fourth-order valence-electron chi connectivity index (χ4n) is 3.00. The average molecular weight is 534 g/mol. The van der Waals surface area contributed by atoms with E-state index in [0.717, 1.165) is 12.1 Å². The van der Waals surface area contributed by atoms with Crippen molar-refractivity contribution in [1.29, 1.82) is 0 Å². The zero-order valence-electron chi connectivity index (χ0n) is 18.3. The summed E-state index contributed by atoms with van der Waals surface area (Å²) >= 11 is 11.8. The largest absolute Gasteiger partial charge is 0.505 e. The molecule has 0 aliphatic rings. The third kappa shape index (κ3) is 7.07. The molecular formula is C22H20Cl2F3N3O5. The number of carbonyl (C=O) groups is 1. The van der Waals surface area contributed by atoms with Crippen LogP contribution in [0, 0.1) is 0 Å². The standard InChI is InChI=1S/C22H20Cl2F3N3O5/c1-33-7-8-34-6-5-30(12-13-3-2-4-15(9-13)22(25,26)27)21(32)20-28-19(29-35-20)14-10-16(23)18(31)17(24)11-14/h2-4,9-11,31H,5-8,12H2,1H3. The van der Waals surface area contributed by atoms with Gasteiger partial charge in [-0.15, -0.1) is 0 Å². The molecule has 0 saturated heterocycles. The van der Waals surface area contributed by atoms with E-state index in [1.54, 1.807) is 0 Å². The monoisotopic (exact) mass is 533 g/mol. The van der Waals surface area contributed by atoms with Gasteiger partial charge in [-0.2, -0.15) is 18.2 Å². The molecule has 0 aliphatic carbocycles. The Kier molecular flexibility index (Phi) is 8.95. The molecule has 2 aromatic carbocycles. The van der Waals surface area contributed by atoms with Crippen molar-refractivity contribution in [2.75, 3.05) is 33.5 Å². The minimum absolute atomic E-state index is 0.0208. The van der Waals surface area contributed by atoms with Crippen LogP contribution in [0.2, 0.25) is 10.0 Å². The van der Waals surface area contributed by atoms with Crippen LogP contribution in [0.15, 0.2) is 40.9 Å². The number of amides is 1. The summed E-state index contributed by atoms with van der Waals surface area (Å²) in [5, 5.41) is 13.4. The lowest BCUT2D eigenvalue weighted by molar-refractivity contribution is -0.137. The topological polar surface area (TPSA) is 97.9 Å². The molecule has 1 N–H and O–H groups in total. The summed E-state index contributed by atoms with van der Waals surface area (Å²) in [6.45, 7) is 0.581. The number of methoxy groups -OCH3 is 1. The van der Waals surface area contributed by atoms with Crippen LogP contribution >= 0.6 is 23.2 Å². The van der Waals surface area contributed by atoms with Gasteiger partial charge in [-0.05, 0) is 29.8 Å². The van der Waals surface area contributed by atoms with Crippen molar-refractivity contribution < 1.29 is 37.1 Å². The fourth-order valence-corrected chi connectivity index (χ4v) is 3.48. The highest BCUT2D eigenvalue weighted by Gasteiger charge is 2.31. The molecule has 3 rings (SSSR count). The van der Waals surface area contributed by atoms with Crippen LogP contribution in [-0.2, 0) is 22.2 Å². The van der Waals surface area contributed by atoms with Gasteiger partial charge in [0.05, 0.1) is 35.4 Å². The SMILES string of the molecule is COCCOCCN(Cc1cccc(C(F)(F)F)c1)C(=O)c1nc(-c2cc(Cl)c(O)c(Cl)c2)no1. The van der Waals surface area contributed by atoms with Crippen LogP contribution in [0.4, 0.5) is 13.2 Å². The van der Waals surface area contributed by atoms with Crippen LogP contribution in [0.5, 0.6) is 5.75 Å². The van der Waals surface area contributed by atoms with Gasteiger partial charge < -0.3 is 24.0 Å². The van der Waals surface area contributed by atoms with Gasteiger partial charge in [-0.1, -0.05) is 40.5 Å². The molecule has 35 heavy (non-hydrogen) atoms. The van der Waals surface area contributed by atoms with Gasteiger partial charge in [0.2, 0.25) is 5.82 Å². The van der Waals surface area contributed by atoms with E-state index in [1.165, 1.54) is 36.3 Å². The van der Waals surface area contributed by atoms with Crippen LogP contribution in [-0.4, -0.2) is 59.5 Å². The Morgan fingerprint density at radius 2 is 1.86 bits per heavy atom. The summed E-state index contributed by atoms with van der Waals surface area (Å²) in [7, 11) is 1.51. The summed E-state index contributed by atoms with van der Waals surface area (Å²) in [5.41, 5.74) is -0.297. The maximum absolute atomic E-state index is 13.1. The summed E-state index contributed by atoms with van der Waals surface area (Å²) in [4.78, 5) is 18.4. The Hall–Kier alpha value is -2.86. The molecule has 1 amide bonds. The first-order valence-corrected chi connectivity index (χ1v) is 10.9. The first kappa shape index (κ1) is 26.7. The van der Waals surface area contributed by atoms with Gasteiger partial charge in [0.1, 0.15) is 0 Å². The van der Waals surface area contributed by atoms with Gasteiger partial charge >= 0.3 is 18.0 Å². The number of nitrogens with zero attached hydrogens (tertiary/aromatic N) is 3. The number of rotatable bonds is 10. The van der Waals surface area contributed by atoms with Crippen LogP contribution in [0.1, 0.15) is 21.8 Å². The lowest BCUT2D eigenvalue weighted by Crippen LogP contribution is -2.34. The molecule has 0 spiro atoms. The highest BCUT2D eigenvalue weighted by Crippen LogP contribution is 2.35. The predicted octanol–water partition coefficient (Wildman–Crippen LogP) is 5.07. The minimum atomic E-state index is -4.53. The number of halogens is 5. The number of phenolic OH excluding ortho intramolecular Hbond substituents is 1. The third-order valence-electron chi connectivity index (χ3n) is 4.74. The highest BCUT2D eigenvalue weighted by atomic mass is 35.5. The van der Waals surface area contributed by atoms with Crippen molar-refractivity contribution in [2.24, 2.45) is 0 Å². The number of aromatic hydroxyl groups is 1. The molecular weight excluding hydrogens is 514 g/mol. The molecule has 0 fully saturated rings. The molecule has 1 heterocycles.